The zero-order valence-corrected chi connectivity index (χ0v) is 11.3. The molecule has 3 rings (SSSR count). The van der Waals surface area contributed by atoms with Crippen molar-refractivity contribution in [3.8, 4) is 0 Å². The van der Waals surface area contributed by atoms with E-state index in [1.165, 1.54) is 51.0 Å². The Morgan fingerprint density at radius 3 is 3.00 bits per heavy atom. The largest absolute Gasteiger partial charge is 0.337 e. The van der Waals surface area contributed by atoms with Crippen LogP contribution in [-0.2, 0) is 13.6 Å². The highest BCUT2D eigenvalue weighted by molar-refractivity contribution is 4.96. The number of nitrogens with one attached hydrogen (secondary N) is 1. The number of likely N-dealkylation sites (tertiary alicyclic amines) is 1. The lowest BCUT2D eigenvalue weighted by Gasteiger charge is -2.39. The van der Waals surface area contributed by atoms with Gasteiger partial charge >= 0.3 is 0 Å². The van der Waals surface area contributed by atoms with E-state index in [0.717, 1.165) is 12.6 Å². The van der Waals surface area contributed by atoms with Gasteiger partial charge in [-0.1, -0.05) is 6.42 Å². The summed E-state index contributed by atoms with van der Waals surface area (Å²) in [6.07, 6.45) is 10.7. The minimum absolute atomic E-state index is 0.713. The van der Waals surface area contributed by atoms with Crippen LogP contribution in [-0.4, -0.2) is 39.6 Å². The number of nitrogens with zero attached hydrogens (tertiary/aromatic N) is 3. The molecule has 0 aliphatic carbocycles. The van der Waals surface area contributed by atoms with Crippen LogP contribution in [0, 0.1) is 0 Å². The van der Waals surface area contributed by atoms with Gasteiger partial charge in [0.15, 0.2) is 0 Å². The lowest BCUT2D eigenvalue weighted by molar-refractivity contribution is 0.108. The van der Waals surface area contributed by atoms with Gasteiger partial charge in [0.1, 0.15) is 5.82 Å². The van der Waals surface area contributed by atoms with Crippen LogP contribution in [0.25, 0.3) is 0 Å². The van der Waals surface area contributed by atoms with Gasteiger partial charge in [-0.2, -0.15) is 0 Å². The van der Waals surface area contributed by atoms with Gasteiger partial charge in [0.25, 0.3) is 0 Å². The van der Waals surface area contributed by atoms with Crippen LogP contribution < -0.4 is 5.32 Å². The molecule has 0 spiro atoms. The molecule has 0 radical (unpaired) electrons. The monoisotopic (exact) mass is 248 g/mol. The van der Waals surface area contributed by atoms with E-state index in [1.54, 1.807) is 0 Å². The fourth-order valence-electron chi connectivity index (χ4n) is 3.44. The Labute approximate surface area is 109 Å². The minimum atomic E-state index is 0.713. The minimum Gasteiger partial charge on any atom is -0.337 e. The quantitative estimate of drug-likeness (QED) is 0.880. The fraction of sp³-hybridized carbons (Fsp3) is 0.786. The Morgan fingerprint density at radius 2 is 2.28 bits per heavy atom. The molecular weight excluding hydrogens is 224 g/mol. The van der Waals surface area contributed by atoms with Crippen molar-refractivity contribution in [2.45, 2.75) is 50.7 Å². The maximum Gasteiger partial charge on any atom is 0.122 e. The average molecular weight is 248 g/mol. The van der Waals surface area contributed by atoms with E-state index >= 15 is 0 Å². The van der Waals surface area contributed by atoms with E-state index < -0.39 is 0 Å². The molecule has 2 atom stereocenters. The number of rotatable bonds is 3. The number of aryl methyl sites for hydroxylation is 1. The molecule has 1 aromatic heterocycles. The molecule has 0 bridgehead atoms. The number of aromatic nitrogens is 2. The summed E-state index contributed by atoms with van der Waals surface area (Å²) in [5, 5.41) is 3.68. The van der Waals surface area contributed by atoms with Gasteiger partial charge in [0.05, 0.1) is 6.54 Å². The van der Waals surface area contributed by atoms with Gasteiger partial charge in [0.2, 0.25) is 0 Å². The van der Waals surface area contributed by atoms with Crippen molar-refractivity contribution in [3.63, 3.8) is 0 Å². The first-order chi connectivity index (χ1) is 8.84. The van der Waals surface area contributed by atoms with Crippen LogP contribution in [0.3, 0.4) is 0 Å². The molecule has 1 aromatic rings. The lowest BCUT2D eigenvalue weighted by Crippen LogP contribution is -2.49. The normalized spacial score (nSPS) is 29.8. The van der Waals surface area contributed by atoms with E-state index in [-0.39, 0.29) is 0 Å². The highest BCUT2D eigenvalue weighted by Gasteiger charge is 2.31. The first-order valence-corrected chi connectivity index (χ1v) is 7.28. The third-order valence-electron chi connectivity index (χ3n) is 4.49. The Kier molecular flexibility index (Phi) is 3.66. The SMILES string of the molecule is Cn1ccnc1CN1CCCCC1C1CCCN1. The maximum absolute atomic E-state index is 4.47. The van der Waals surface area contributed by atoms with Gasteiger partial charge in [-0.25, -0.2) is 4.98 Å². The predicted octanol–water partition coefficient (Wildman–Crippen LogP) is 1.53. The number of imidazole rings is 1. The molecule has 4 nitrogen and oxygen atoms in total. The molecule has 2 aliphatic rings. The van der Waals surface area contributed by atoms with Crippen LogP contribution in [0.2, 0.25) is 0 Å². The van der Waals surface area contributed by atoms with E-state index in [4.69, 9.17) is 0 Å². The summed E-state index contributed by atoms with van der Waals surface area (Å²) in [5.74, 6) is 1.19. The maximum atomic E-state index is 4.47. The summed E-state index contributed by atoms with van der Waals surface area (Å²) in [5.41, 5.74) is 0. The highest BCUT2D eigenvalue weighted by atomic mass is 15.2. The van der Waals surface area contributed by atoms with Crippen LogP contribution >= 0.6 is 0 Å². The number of piperidine rings is 1. The van der Waals surface area contributed by atoms with Crippen molar-refractivity contribution in [1.29, 1.82) is 0 Å². The summed E-state index contributed by atoms with van der Waals surface area (Å²) < 4.78 is 2.15. The van der Waals surface area contributed by atoms with Crippen LogP contribution in [0.5, 0.6) is 0 Å². The molecule has 4 heteroatoms. The summed E-state index contributed by atoms with van der Waals surface area (Å²) in [6.45, 7) is 3.44. The van der Waals surface area contributed by atoms with Crippen molar-refractivity contribution >= 4 is 0 Å². The molecule has 0 saturated carbocycles. The van der Waals surface area contributed by atoms with Gasteiger partial charge in [-0.3, -0.25) is 4.90 Å². The highest BCUT2D eigenvalue weighted by Crippen LogP contribution is 2.25. The fourth-order valence-corrected chi connectivity index (χ4v) is 3.44. The second kappa shape index (κ2) is 5.41. The summed E-state index contributed by atoms with van der Waals surface area (Å²) in [4.78, 5) is 7.12. The first kappa shape index (κ1) is 12.2. The van der Waals surface area contributed by atoms with E-state index in [9.17, 15) is 0 Å². The Balaban J connectivity index is 1.69. The third kappa shape index (κ3) is 2.45. The average Bonchev–Trinajstić information content (AvgIpc) is 3.03. The summed E-state index contributed by atoms with van der Waals surface area (Å²) >= 11 is 0. The molecule has 2 fully saturated rings. The van der Waals surface area contributed by atoms with Crippen molar-refractivity contribution < 1.29 is 0 Å². The van der Waals surface area contributed by atoms with Gasteiger partial charge in [0, 0.05) is 31.5 Å². The van der Waals surface area contributed by atoms with Crippen molar-refractivity contribution in [1.82, 2.24) is 19.8 Å². The van der Waals surface area contributed by atoms with Gasteiger partial charge < -0.3 is 9.88 Å². The predicted molar refractivity (Wildman–Crippen MR) is 72.3 cm³/mol. The topological polar surface area (TPSA) is 33.1 Å². The van der Waals surface area contributed by atoms with Crippen molar-refractivity contribution in [3.05, 3.63) is 18.2 Å². The third-order valence-corrected chi connectivity index (χ3v) is 4.49. The van der Waals surface area contributed by atoms with Gasteiger partial charge in [-0.15, -0.1) is 0 Å². The van der Waals surface area contributed by atoms with E-state index in [1.807, 2.05) is 12.4 Å². The second-order valence-electron chi connectivity index (χ2n) is 5.69. The van der Waals surface area contributed by atoms with E-state index in [0.29, 0.717) is 6.04 Å². The number of hydrogen-bond acceptors (Lipinski definition) is 3. The number of hydrogen-bond donors (Lipinski definition) is 1. The smallest absolute Gasteiger partial charge is 0.122 e. The first-order valence-electron chi connectivity index (χ1n) is 7.28. The van der Waals surface area contributed by atoms with Crippen molar-refractivity contribution in [2.75, 3.05) is 13.1 Å². The molecule has 2 saturated heterocycles. The van der Waals surface area contributed by atoms with Crippen molar-refractivity contribution in [2.24, 2.45) is 7.05 Å². The lowest BCUT2D eigenvalue weighted by atomic mass is 9.94. The molecule has 0 amide bonds. The molecule has 3 heterocycles. The standard InChI is InChI=1S/C14H24N4/c1-17-10-8-16-14(17)11-18-9-3-2-6-13(18)12-5-4-7-15-12/h8,10,12-13,15H,2-7,9,11H2,1H3. The molecule has 2 unspecified atom stereocenters. The molecule has 18 heavy (non-hydrogen) atoms. The molecular formula is C14H24N4. The van der Waals surface area contributed by atoms with Crippen LogP contribution in [0.15, 0.2) is 12.4 Å². The Bertz CT molecular complexity index is 381. The van der Waals surface area contributed by atoms with Crippen LogP contribution in [0.4, 0.5) is 0 Å². The second-order valence-corrected chi connectivity index (χ2v) is 5.69. The molecule has 1 N–H and O–H groups in total. The Hall–Kier alpha value is -0.870. The van der Waals surface area contributed by atoms with Crippen LogP contribution in [0.1, 0.15) is 37.9 Å². The van der Waals surface area contributed by atoms with E-state index in [2.05, 4.69) is 26.8 Å². The molecule has 100 valence electrons. The summed E-state index contributed by atoms with van der Waals surface area (Å²) in [7, 11) is 2.09. The summed E-state index contributed by atoms with van der Waals surface area (Å²) in [6, 6.07) is 1.43. The zero-order chi connectivity index (χ0) is 12.4. The van der Waals surface area contributed by atoms with Gasteiger partial charge in [-0.05, 0) is 38.8 Å². The molecule has 0 aromatic carbocycles. The molecule has 2 aliphatic heterocycles. The zero-order valence-electron chi connectivity index (χ0n) is 11.3. The Morgan fingerprint density at radius 1 is 1.33 bits per heavy atom.